The minimum absolute atomic E-state index is 0. The molecule has 5 N–H and O–H groups in total. The number of halogens is 2. The molecule has 4 aliphatic carbocycles. The molecular formula is C10H20Cl2N2O. The first-order chi connectivity index (χ1) is 5.91. The van der Waals surface area contributed by atoms with Crippen LogP contribution < -0.4 is 11.5 Å². The molecule has 5 heteroatoms. The lowest BCUT2D eigenvalue weighted by molar-refractivity contribution is -0.141. The topological polar surface area (TPSA) is 72.3 Å². The van der Waals surface area contributed by atoms with E-state index in [-0.39, 0.29) is 35.9 Å². The Morgan fingerprint density at radius 1 is 0.867 bits per heavy atom. The number of nitrogens with two attached hydrogens (primary N) is 2. The zero-order chi connectivity index (χ0) is 9.32. The van der Waals surface area contributed by atoms with Crippen LogP contribution in [-0.2, 0) is 0 Å². The third-order valence-corrected chi connectivity index (χ3v) is 4.13. The van der Waals surface area contributed by atoms with Gasteiger partial charge in [-0.2, -0.15) is 0 Å². The summed E-state index contributed by atoms with van der Waals surface area (Å²) in [6.07, 6.45) is 5.55. The normalized spacial score (nSPS) is 55.8. The Hall–Kier alpha value is 0.460. The van der Waals surface area contributed by atoms with Gasteiger partial charge in [-0.3, -0.25) is 0 Å². The highest BCUT2D eigenvalue weighted by Gasteiger charge is 2.60. The van der Waals surface area contributed by atoms with Crippen molar-refractivity contribution < 1.29 is 5.11 Å². The van der Waals surface area contributed by atoms with E-state index >= 15 is 0 Å². The summed E-state index contributed by atoms with van der Waals surface area (Å²) in [7, 11) is 0. The standard InChI is InChI=1S/C10H18N2O.2ClH/c11-8-1-7-2-9(12,4-8)6-10(13,3-7)5-8;;/h7,13H,1-6,11-12H2;2*1H. The van der Waals surface area contributed by atoms with E-state index in [1.165, 1.54) is 0 Å². The number of rotatable bonds is 0. The molecule has 3 nitrogen and oxygen atoms in total. The van der Waals surface area contributed by atoms with Gasteiger partial charge in [0.1, 0.15) is 0 Å². The predicted octanol–water partition coefficient (Wildman–Crippen LogP) is 0.954. The lowest BCUT2D eigenvalue weighted by Crippen LogP contribution is -2.71. The minimum atomic E-state index is -0.525. The Morgan fingerprint density at radius 3 is 1.67 bits per heavy atom. The first-order valence-electron chi connectivity index (χ1n) is 5.21. The summed E-state index contributed by atoms with van der Waals surface area (Å²) in [5.41, 5.74) is 11.7. The summed E-state index contributed by atoms with van der Waals surface area (Å²) < 4.78 is 0. The Balaban J connectivity index is 0.000000562. The van der Waals surface area contributed by atoms with Gasteiger partial charge in [0.15, 0.2) is 0 Å². The van der Waals surface area contributed by atoms with Crippen LogP contribution in [0.5, 0.6) is 0 Å². The molecule has 0 saturated heterocycles. The summed E-state index contributed by atoms with van der Waals surface area (Å²) in [6.45, 7) is 0. The quantitative estimate of drug-likeness (QED) is 0.603. The zero-order valence-electron chi connectivity index (χ0n) is 8.74. The van der Waals surface area contributed by atoms with Crippen LogP contribution in [0.2, 0.25) is 0 Å². The molecule has 2 unspecified atom stereocenters. The average molecular weight is 255 g/mol. The second-order valence-corrected chi connectivity index (χ2v) is 5.96. The summed E-state index contributed by atoms with van der Waals surface area (Å²) in [6, 6.07) is 0. The maximum Gasteiger partial charge on any atom is 0.0685 e. The Labute approximate surface area is 103 Å². The maximum atomic E-state index is 10.3. The van der Waals surface area contributed by atoms with E-state index in [4.69, 9.17) is 11.5 Å². The molecule has 4 fully saturated rings. The van der Waals surface area contributed by atoms with Gasteiger partial charge in [0.05, 0.1) is 5.60 Å². The molecule has 0 aromatic carbocycles. The van der Waals surface area contributed by atoms with Crippen LogP contribution in [0.1, 0.15) is 38.5 Å². The molecule has 0 aliphatic heterocycles. The van der Waals surface area contributed by atoms with Crippen molar-refractivity contribution in [2.45, 2.75) is 55.2 Å². The highest BCUT2D eigenvalue weighted by molar-refractivity contribution is 5.85. The molecule has 2 atom stereocenters. The van der Waals surface area contributed by atoms with E-state index in [1.807, 2.05) is 0 Å². The smallest absolute Gasteiger partial charge is 0.0685 e. The van der Waals surface area contributed by atoms with Gasteiger partial charge in [-0.15, -0.1) is 24.8 Å². The number of hydrogen-bond acceptors (Lipinski definition) is 3. The van der Waals surface area contributed by atoms with E-state index in [0.717, 1.165) is 38.5 Å². The summed E-state index contributed by atoms with van der Waals surface area (Å²) in [5, 5.41) is 10.3. The molecule has 0 radical (unpaired) electrons. The van der Waals surface area contributed by atoms with Crippen molar-refractivity contribution in [1.29, 1.82) is 0 Å². The van der Waals surface area contributed by atoms with Crippen LogP contribution in [0.15, 0.2) is 0 Å². The zero-order valence-corrected chi connectivity index (χ0v) is 10.4. The predicted molar refractivity (Wildman–Crippen MR) is 64.5 cm³/mol. The van der Waals surface area contributed by atoms with Gasteiger partial charge in [-0.05, 0) is 44.4 Å². The fourth-order valence-corrected chi connectivity index (χ4v) is 4.54. The van der Waals surface area contributed by atoms with Crippen molar-refractivity contribution in [3.63, 3.8) is 0 Å². The van der Waals surface area contributed by atoms with Crippen LogP contribution in [0.25, 0.3) is 0 Å². The first-order valence-corrected chi connectivity index (χ1v) is 5.21. The second-order valence-electron chi connectivity index (χ2n) is 5.96. The molecule has 4 aliphatic rings. The van der Waals surface area contributed by atoms with E-state index in [0.29, 0.717) is 5.92 Å². The van der Waals surface area contributed by atoms with Gasteiger partial charge >= 0.3 is 0 Å². The minimum Gasteiger partial charge on any atom is -0.390 e. The van der Waals surface area contributed by atoms with Crippen LogP contribution in [0.3, 0.4) is 0 Å². The molecule has 0 heterocycles. The maximum absolute atomic E-state index is 10.3. The molecule has 0 spiro atoms. The van der Waals surface area contributed by atoms with E-state index in [2.05, 4.69) is 0 Å². The van der Waals surface area contributed by atoms with Crippen molar-refractivity contribution in [1.82, 2.24) is 0 Å². The van der Waals surface area contributed by atoms with E-state index in [9.17, 15) is 5.11 Å². The molecule has 90 valence electrons. The molecular weight excluding hydrogens is 235 g/mol. The lowest BCUT2D eigenvalue weighted by Gasteiger charge is -2.62. The SMILES string of the molecule is Cl.Cl.NC12CC3CC(N)(C1)CC(O)(C3)C2. The third kappa shape index (κ3) is 2.01. The average Bonchev–Trinajstić information content (AvgIpc) is 1.71. The Bertz CT molecular complexity index is 223. The van der Waals surface area contributed by atoms with Crippen LogP contribution >= 0.6 is 24.8 Å². The van der Waals surface area contributed by atoms with Gasteiger partial charge in [0.2, 0.25) is 0 Å². The molecule has 0 amide bonds. The van der Waals surface area contributed by atoms with Crippen LogP contribution in [-0.4, -0.2) is 21.8 Å². The van der Waals surface area contributed by atoms with Gasteiger partial charge in [-0.1, -0.05) is 0 Å². The van der Waals surface area contributed by atoms with Crippen LogP contribution in [0.4, 0.5) is 0 Å². The fraction of sp³-hybridized carbons (Fsp3) is 1.00. The Morgan fingerprint density at radius 2 is 1.33 bits per heavy atom. The number of aliphatic hydroxyl groups is 1. The van der Waals surface area contributed by atoms with Gasteiger partial charge in [0.25, 0.3) is 0 Å². The van der Waals surface area contributed by atoms with Crippen LogP contribution in [0, 0.1) is 5.92 Å². The monoisotopic (exact) mass is 254 g/mol. The van der Waals surface area contributed by atoms with Crippen molar-refractivity contribution >= 4 is 24.8 Å². The van der Waals surface area contributed by atoms with Crippen molar-refractivity contribution in [2.75, 3.05) is 0 Å². The van der Waals surface area contributed by atoms with Gasteiger partial charge in [0, 0.05) is 11.1 Å². The van der Waals surface area contributed by atoms with E-state index in [1.54, 1.807) is 0 Å². The molecule has 15 heavy (non-hydrogen) atoms. The summed E-state index contributed by atoms with van der Waals surface area (Å²) in [4.78, 5) is 0. The highest BCUT2D eigenvalue weighted by atomic mass is 35.5. The molecule has 0 aromatic heterocycles. The van der Waals surface area contributed by atoms with Crippen molar-refractivity contribution in [3.8, 4) is 0 Å². The molecule has 4 rings (SSSR count). The molecule has 4 saturated carbocycles. The highest BCUT2D eigenvalue weighted by Crippen LogP contribution is 2.57. The third-order valence-electron chi connectivity index (χ3n) is 4.13. The lowest BCUT2D eigenvalue weighted by atomic mass is 9.49. The van der Waals surface area contributed by atoms with Gasteiger partial charge in [-0.25, -0.2) is 0 Å². The second kappa shape index (κ2) is 3.47. The first kappa shape index (κ1) is 13.5. The largest absolute Gasteiger partial charge is 0.390 e. The summed E-state index contributed by atoms with van der Waals surface area (Å²) >= 11 is 0. The summed E-state index contributed by atoms with van der Waals surface area (Å²) in [5.74, 6) is 0.580. The van der Waals surface area contributed by atoms with Crippen molar-refractivity contribution in [3.05, 3.63) is 0 Å². The Kier molecular flexibility index (Phi) is 3.13. The van der Waals surface area contributed by atoms with Crippen molar-refractivity contribution in [2.24, 2.45) is 17.4 Å². The van der Waals surface area contributed by atoms with E-state index < -0.39 is 5.60 Å². The van der Waals surface area contributed by atoms with Gasteiger partial charge < -0.3 is 16.6 Å². The fourth-order valence-electron chi connectivity index (χ4n) is 4.54. The number of hydrogen-bond donors (Lipinski definition) is 3. The molecule has 4 bridgehead atoms. The molecule has 0 aromatic rings.